The second kappa shape index (κ2) is 6.48. The van der Waals surface area contributed by atoms with E-state index in [0.29, 0.717) is 23.8 Å². The third-order valence-corrected chi connectivity index (χ3v) is 4.49. The second-order valence-corrected chi connectivity index (χ2v) is 6.59. The van der Waals surface area contributed by atoms with E-state index in [4.69, 9.17) is 10.5 Å². The van der Waals surface area contributed by atoms with Gasteiger partial charge < -0.3 is 19.9 Å². The van der Waals surface area contributed by atoms with Gasteiger partial charge in [-0.3, -0.25) is 0 Å². The van der Waals surface area contributed by atoms with E-state index in [-0.39, 0.29) is 6.67 Å². The standard InChI is InChI=1S/C18H22F2N4O/c1-18(2,17(19)20)24-9-8-14-15(21)22-11-23(16(14)24)13-6-4-12(5-7-13)10-25-3/h4-9,17H,10-11H2,1-3H3,(H2,21,22). The lowest BCUT2D eigenvalue weighted by Gasteiger charge is -2.35. The molecule has 1 aliphatic heterocycles. The van der Waals surface area contributed by atoms with Crippen molar-refractivity contribution in [2.75, 3.05) is 18.7 Å². The maximum Gasteiger partial charge on any atom is 0.261 e. The third kappa shape index (κ3) is 3.00. The topological polar surface area (TPSA) is 55.8 Å². The van der Waals surface area contributed by atoms with E-state index in [0.717, 1.165) is 11.3 Å². The van der Waals surface area contributed by atoms with Crippen LogP contribution in [0.25, 0.3) is 0 Å². The van der Waals surface area contributed by atoms with Gasteiger partial charge in [-0.15, -0.1) is 0 Å². The SMILES string of the molecule is COCc1ccc(N2CN=C(N)c3ccn(C(C)(C)C(F)F)c32)cc1. The number of aromatic nitrogens is 1. The molecule has 0 fully saturated rings. The Bertz CT molecular complexity index is 781. The van der Waals surface area contributed by atoms with Crippen molar-refractivity contribution in [2.24, 2.45) is 10.7 Å². The molecule has 0 saturated heterocycles. The van der Waals surface area contributed by atoms with Crippen molar-refractivity contribution in [3.05, 3.63) is 47.7 Å². The van der Waals surface area contributed by atoms with Crippen molar-refractivity contribution in [1.29, 1.82) is 0 Å². The van der Waals surface area contributed by atoms with E-state index < -0.39 is 12.0 Å². The van der Waals surface area contributed by atoms with E-state index in [2.05, 4.69) is 4.99 Å². The average molecular weight is 348 g/mol. The van der Waals surface area contributed by atoms with Crippen molar-refractivity contribution >= 4 is 17.3 Å². The number of amidine groups is 1. The largest absolute Gasteiger partial charge is 0.383 e. The Labute approximate surface area is 145 Å². The molecule has 0 amide bonds. The van der Waals surface area contributed by atoms with Gasteiger partial charge in [0.05, 0.1) is 12.2 Å². The average Bonchev–Trinajstić information content (AvgIpc) is 3.03. The highest BCUT2D eigenvalue weighted by Crippen LogP contribution is 2.38. The van der Waals surface area contributed by atoms with Crippen molar-refractivity contribution in [1.82, 2.24) is 4.57 Å². The van der Waals surface area contributed by atoms with Crippen molar-refractivity contribution in [3.8, 4) is 0 Å². The minimum Gasteiger partial charge on any atom is -0.383 e. The van der Waals surface area contributed by atoms with Gasteiger partial charge >= 0.3 is 0 Å². The van der Waals surface area contributed by atoms with Crippen molar-refractivity contribution in [2.45, 2.75) is 32.4 Å². The van der Waals surface area contributed by atoms with Crippen LogP contribution in [-0.4, -0.2) is 30.6 Å². The lowest BCUT2D eigenvalue weighted by molar-refractivity contribution is 0.0289. The molecule has 7 heteroatoms. The molecule has 0 unspecified atom stereocenters. The van der Waals surface area contributed by atoms with Crippen LogP contribution in [0.5, 0.6) is 0 Å². The van der Waals surface area contributed by atoms with Crippen LogP contribution in [0.1, 0.15) is 25.0 Å². The number of halogens is 2. The maximum absolute atomic E-state index is 13.6. The zero-order valence-corrected chi connectivity index (χ0v) is 14.5. The van der Waals surface area contributed by atoms with Crippen LogP contribution in [0.3, 0.4) is 0 Å². The smallest absolute Gasteiger partial charge is 0.261 e. The van der Waals surface area contributed by atoms with Gasteiger partial charge in [-0.2, -0.15) is 0 Å². The quantitative estimate of drug-likeness (QED) is 0.900. The molecule has 0 atom stereocenters. The number of rotatable bonds is 5. The Morgan fingerprint density at radius 2 is 1.92 bits per heavy atom. The van der Waals surface area contributed by atoms with Crippen LogP contribution in [0.2, 0.25) is 0 Å². The summed E-state index contributed by atoms with van der Waals surface area (Å²) in [7, 11) is 1.64. The van der Waals surface area contributed by atoms with Gasteiger partial charge in [0.15, 0.2) is 0 Å². The molecule has 0 bridgehead atoms. The van der Waals surface area contributed by atoms with Crippen LogP contribution in [0.4, 0.5) is 20.3 Å². The van der Waals surface area contributed by atoms with E-state index in [1.807, 2.05) is 29.2 Å². The molecule has 2 aromatic rings. The fourth-order valence-electron chi connectivity index (χ4n) is 2.91. The number of anilines is 2. The first-order valence-corrected chi connectivity index (χ1v) is 8.02. The number of nitrogens with zero attached hydrogens (tertiary/aromatic N) is 3. The molecule has 0 saturated carbocycles. The Balaban J connectivity index is 2.07. The molecular weight excluding hydrogens is 326 g/mol. The summed E-state index contributed by atoms with van der Waals surface area (Å²) in [6, 6.07) is 9.50. The monoisotopic (exact) mass is 348 g/mol. The summed E-state index contributed by atoms with van der Waals surface area (Å²) in [6.45, 7) is 3.83. The van der Waals surface area contributed by atoms with Gasteiger partial charge in [0.2, 0.25) is 0 Å². The Morgan fingerprint density at radius 1 is 1.24 bits per heavy atom. The fourth-order valence-corrected chi connectivity index (χ4v) is 2.91. The van der Waals surface area contributed by atoms with Gasteiger partial charge in [-0.05, 0) is 37.6 Å². The lowest BCUT2D eigenvalue weighted by Crippen LogP contribution is -2.38. The highest BCUT2D eigenvalue weighted by atomic mass is 19.3. The fraction of sp³-hybridized carbons (Fsp3) is 0.389. The van der Waals surface area contributed by atoms with Crippen molar-refractivity contribution < 1.29 is 13.5 Å². The zero-order valence-electron chi connectivity index (χ0n) is 14.5. The van der Waals surface area contributed by atoms with Crippen LogP contribution in [0, 0.1) is 0 Å². The Kier molecular flexibility index (Phi) is 4.51. The summed E-state index contributed by atoms with van der Waals surface area (Å²) < 4.78 is 33.9. The van der Waals surface area contributed by atoms with Gasteiger partial charge in [0.25, 0.3) is 6.43 Å². The first-order valence-electron chi connectivity index (χ1n) is 8.02. The van der Waals surface area contributed by atoms with E-state index in [1.54, 1.807) is 23.9 Å². The molecular formula is C18H22F2N4O. The second-order valence-electron chi connectivity index (χ2n) is 6.59. The minimum absolute atomic E-state index is 0.284. The summed E-state index contributed by atoms with van der Waals surface area (Å²) in [5, 5.41) is 0. The van der Waals surface area contributed by atoms with Gasteiger partial charge in [-0.1, -0.05) is 12.1 Å². The highest BCUT2D eigenvalue weighted by molar-refractivity contribution is 6.04. The molecule has 1 aromatic carbocycles. The molecule has 1 aromatic heterocycles. The summed E-state index contributed by atoms with van der Waals surface area (Å²) in [5.74, 6) is 1.00. The zero-order chi connectivity index (χ0) is 18.2. The molecule has 0 spiro atoms. The first-order chi connectivity index (χ1) is 11.9. The molecule has 134 valence electrons. The van der Waals surface area contributed by atoms with E-state index in [9.17, 15) is 8.78 Å². The predicted molar refractivity (Wildman–Crippen MR) is 94.6 cm³/mol. The maximum atomic E-state index is 13.6. The van der Waals surface area contributed by atoms with Crippen LogP contribution < -0.4 is 10.6 Å². The number of fused-ring (bicyclic) bond motifs is 1. The van der Waals surface area contributed by atoms with Crippen LogP contribution >= 0.6 is 0 Å². The molecule has 2 N–H and O–H groups in total. The Morgan fingerprint density at radius 3 is 2.52 bits per heavy atom. The van der Waals surface area contributed by atoms with Gasteiger partial charge in [0.1, 0.15) is 23.9 Å². The highest BCUT2D eigenvalue weighted by Gasteiger charge is 2.36. The molecule has 2 heterocycles. The van der Waals surface area contributed by atoms with Gasteiger partial charge in [0, 0.05) is 19.0 Å². The van der Waals surface area contributed by atoms with Crippen molar-refractivity contribution in [3.63, 3.8) is 0 Å². The molecule has 5 nitrogen and oxygen atoms in total. The number of ether oxygens (including phenoxy) is 1. The molecule has 0 aliphatic carbocycles. The third-order valence-electron chi connectivity index (χ3n) is 4.49. The minimum atomic E-state index is -2.52. The lowest BCUT2D eigenvalue weighted by atomic mass is 10.1. The van der Waals surface area contributed by atoms with Crippen LogP contribution in [0.15, 0.2) is 41.5 Å². The number of nitrogens with two attached hydrogens (primary N) is 1. The summed E-state index contributed by atoms with van der Waals surface area (Å²) >= 11 is 0. The molecule has 0 radical (unpaired) electrons. The molecule has 1 aliphatic rings. The number of alkyl halides is 2. The number of aliphatic imine (C=N–C) groups is 1. The predicted octanol–water partition coefficient (Wildman–Crippen LogP) is 3.45. The van der Waals surface area contributed by atoms with Crippen LogP contribution in [-0.2, 0) is 16.9 Å². The van der Waals surface area contributed by atoms with Gasteiger partial charge in [-0.25, -0.2) is 13.8 Å². The normalized spacial score (nSPS) is 14.6. The number of hydrogen-bond donors (Lipinski definition) is 1. The van der Waals surface area contributed by atoms with E-state index >= 15 is 0 Å². The summed E-state index contributed by atoms with van der Waals surface area (Å²) in [4.78, 5) is 6.22. The number of hydrogen-bond acceptors (Lipinski definition) is 4. The molecule has 25 heavy (non-hydrogen) atoms. The van der Waals surface area contributed by atoms with E-state index in [1.165, 1.54) is 13.8 Å². The summed E-state index contributed by atoms with van der Waals surface area (Å²) in [5.41, 5.74) is 7.20. The Hall–Kier alpha value is -2.41. The number of methoxy groups -OCH3 is 1. The number of benzene rings is 1. The molecule has 3 rings (SSSR count). The summed E-state index contributed by atoms with van der Waals surface area (Å²) in [6.07, 6.45) is -0.869. The first kappa shape index (κ1) is 17.4.